The second-order valence-corrected chi connectivity index (χ2v) is 3.30. The molecule has 0 bridgehead atoms. The Bertz CT molecular complexity index is 138. The van der Waals surface area contributed by atoms with Gasteiger partial charge < -0.3 is 0 Å². The normalized spacial score (nSPS) is 16.2. The van der Waals surface area contributed by atoms with E-state index in [2.05, 4.69) is 32.3 Å². The minimum absolute atomic E-state index is 0.742. The van der Waals surface area contributed by atoms with Crippen molar-refractivity contribution in [2.75, 3.05) is 6.54 Å². The van der Waals surface area contributed by atoms with Gasteiger partial charge in [-0.15, -0.1) is 0 Å². The second-order valence-electron chi connectivity index (χ2n) is 3.30. The molecule has 0 aliphatic heterocycles. The van der Waals surface area contributed by atoms with Gasteiger partial charge in [-0.25, -0.2) is 0 Å². The highest BCUT2D eigenvalue weighted by Crippen LogP contribution is 2.18. The third-order valence-electron chi connectivity index (χ3n) is 2.52. The number of hydrogen-bond donors (Lipinski definition) is 0. The Morgan fingerprint density at radius 3 is 2.42 bits per heavy atom. The first-order valence-corrected chi connectivity index (χ1v) is 4.87. The zero-order valence-electron chi connectivity index (χ0n) is 8.59. The van der Waals surface area contributed by atoms with Crippen LogP contribution in [0.3, 0.4) is 0 Å². The van der Waals surface area contributed by atoms with Crippen molar-refractivity contribution < 1.29 is 0 Å². The highest BCUT2D eigenvalue weighted by atomic mass is 14.7. The van der Waals surface area contributed by atoms with Crippen molar-refractivity contribution in [1.82, 2.24) is 0 Å². The molecule has 1 heteroatoms. The first-order chi connectivity index (χ1) is 5.76. The molecular formula is C11H21N. The molecule has 0 fully saturated rings. The van der Waals surface area contributed by atoms with E-state index in [-0.39, 0.29) is 0 Å². The van der Waals surface area contributed by atoms with Crippen LogP contribution in [0.1, 0.15) is 33.6 Å². The van der Waals surface area contributed by atoms with Crippen molar-refractivity contribution in [2.24, 2.45) is 16.8 Å². The number of hydrogen-bond acceptors (Lipinski definition) is 1. The third kappa shape index (κ3) is 4.32. The molecule has 0 aliphatic rings. The molecule has 0 radical (unpaired) electrons. The van der Waals surface area contributed by atoms with E-state index in [0.717, 1.165) is 18.4 Å². The zero-order chi connectivity index (χ0) is 9.40. The maximum absolute atomic E-state index is 4.29. The maximum Gasteiger partial charge on any atom is 0.0419 e. The van der Waals surface area contributed by atoms with E-state index in [1.165, 1.54) is 12.8 Å². The largest absolute Gasteiger partial charge is 0.293 e. The summed E-state index contributed by atoms with van der Waals surface area (Å²) in [7, 11) is 0. The van der Waals surface area contributed by atoms with E-state index in [0.29, 0.717) is 0 Å². The number of allylic oxidation sites excluding steroid dienone is 1. The van der Waals surface area contributed by atoms with Crippen molar-refractivity contribution in [3.8, 4) is 0 Å². The average molecular weight is 167 g/mol. The molecule has 0 aromatic carbocycles. The summed E-state index contributed by atoms with van der Waals surface area (Å²) in [5, 5.41) is 0. The quantitative estimate of drug-likeness (QED) is 0.538. The standard InChI is InChI=1S/C11H21N/c1-5-8-12-9-11(7-3)10(4)6-2/h5,8,10-11H,1,6-7,9H2,2-4H3. The fourth-order valence-electron chi connectivity index (χ4n) is 1.32. The van der Waals surface area contributed by atoms with Gasteiger partial charge in [-0.05, 0) is 11.8 Å². The lowest BCUT2D eigenvalue weighted by Gasteiger charge is -2.18. The predicted molar refractivity (Wildman–Crippen MR) is 56.8 cm³/mol. The van der Waals surface area contributed by atoms with Gasteiger partial charge in [0.25, 0.3) is 0 Å². The van der Waals surface area contributed by atoms with E-state index in [1.807, 2.05) is 0 Å². The monoisotopic (exact) mass is 167 g/mol. The zero-order valence-corrected chi connectivity index (χ0v) is 8.59. The van der Waals surface area contributed by atoms with Crippen molar-refractivity contribution in [2.45, 2.75) is 33.6 Å². The van der Waals surface area contributed by atoms with E-state index in [9.17, 15) is 0 Å². The Morgan fingerprint density at radius 2 is 2.00 bits per heavy atom. The van der Waals surface area contributed by atoms with Crippen LogP contribution in [0.2, 0.25) is 0 Å². The first kappa shape index (κ1) is 11.4. The molecule has 70 valence electrons. The number of nitrogens with zero attached hydrogens (tertiary/aromatic N) is 1. The van der Waals surface area contributed by atoms with E-state index in [4.69, 9.17) is 0 Å². The van der Waals surface area contributed by atoms with Crippen LogP contribution < -0.4 is 0 Å². The topological polar surface area (TPSA) is 12.4 Å². The lowest BCUT2D eigenvalue weighted by Crippen LogP contribution is -2.13. The van der Waals surface area contributed by atoms with Crippen LogP contribution in [0.5, 0.6) is 0 Å². The van der Waals surface area contributed by atoms with E-state index < -0.39 is 0 Å². The summed E-state index contributed by atoms with van der Waals surface area (Å²) < 4.78 is 0. The summed E-state index contributed by atoms with van der Waals surface area (Å²) in [6, 6.07) is 0. The van der Waals surface area contributed by atoms with E-state index in [1.54, 1.807) is 12.3 Å². The Balaban J connectivity index is 3.81. The van der Waals surface area contributed by atoms with Gasteiger partial charge in [0.2, 0.25) is 0 Å². The summed E-state index contributed by atoms with van der Waals surface area (Å²) in [6.07, 6.45) is 6.01. The minimum Gasteiger partial charge on any atom is -0.293 e. The maximum atomic E-state index is 4.29. The summed E-state index contributed by atoms with van der Waals surface area (Å²) in [4.78, 5) is 4.29. The van der Waals surface area contributed by atoms with Gasteiger partial charge in [-0.3, -0.25) is 4.99 Å². The average Bonchev–Trinajstić information content (AvgIpc) is 2.11. The Morgan fingerprint density at radius 1 is 1.33 bits per heavy atom. The molecule has 0 aliphatic carbocycles. The molecule has 0 rings (SSSR count). The highest BCUT2D eigenvalue weighted by molar-refractivity contribution is 5.69. The molecule has 12 heavy (non-hydrogen) atoms. The van der Waals surface area contributed by atoms with Crippen molar-refractivity contribution in [3.63, 3.8) is 0 Å². The molecule has 0 heterocycles. The number of rotatable bonds is 6. The SMILES string of the molecule is C=CC=NCC(CC)C(C)CC. The molecule has 0 saturated carbocycles. The summed E-state index contributed by atoms with van der Waals surface area (Å²) in [5.74, 6) is 1.53. The van der Waals surface area contributed by atoms with E-state index >= 15 is 0 Å². The minimum atomic E-state index is 0.742. The van der Waals surface area contributed by atoms with Crippen molar-refractivity contribution >= 4 is 6.21 Å². The molecular weight excluding hydrogens is 146 g/mol. The highest BCUT2D eigenvalue weighted by Gasteiger charge is 2.11. The van der Waals surface area contributed by atoms with Gasteiger partial charge in [-0.1, -0.05) is 46.3 Å². The third-order valence-corrected chi connectivity index (χ3v) is 2.52. The lowest BCUT2D eigenvalue weighted by atomic mass is 9.90. The molecule has 2 atom stereocenters. The molecule has 0 N–H and O–H groups in total. The van der Waals surface area contributed by atoms with Gasteiger partial charge in [0.15, 0.2) is 0 Å². The first-order valence-electron chi connectivity index (χ1n) is 4.87. The second kappa shape index (κ2) is 7.08. The fourth-order valence-corrected chi connectivity index (χ4v) is 1.32. The summed E-state index contributed by atoms with van der Waals surface area (Å²) in [5.41, 5.74) is 0. The van der Waals surface area contributed by atoms with Crippen LogP contribution in [0.15, 0.2) is 17.6 Å². The van der Waals surface area contributed by atoms with Crippen LogP contribution >= 0.6 is 0 Å². The fraction of sp³-hybridized carbons (Fsp3) is 0.727. The van der Waals surface area contributed by atoms with Crippen LogP contribution in [-0.4, -0.2) is 12.8 Å². The Hall–Kier alpha value is -0.590. The molecule has 2 unspecified atom stereocenters. The van der Waals surface area contributed by atoms with Gasteiger partial charge >= 0.3 is 0 Å². The van der Waals surface area contributed by atoms with Crippen LogP contribution in [0.4, 0.5) is 0 Å². The van der Waals surface area contributed by atoms with Gasteiger partial charge in [-0.2, -0.15) is 0 Å². The van der Waals surface area contributed by atoms with Gasteiger partial charge in [0.1, 0.15) is 0 Å². The van der Waals surface area contributed by atoms with Crippen LogP contribution in [0, 0.1) is 11.8 Å². The van der Waals surface area contributed by atoms with Crippen molar-refractivity contribution in [3.05, 3.63) is 12.7 Å². The predicted octanol–water partition coefficient (Wildman–Crippen LogP) is 3.32. The molecule has 0 amide bonds. The smallest absolute Gasteiger partial charge is 0.0419 e. The molecule has 0 spiro atoms. The summed E-state index contributed by atoms with van der Waals surface area (Å²) >= 11 is 0. The van der Waals surface area contributed by atoms with Gasteiger partial charge in [0, 0.05) is 12.8 Å². The number of aliphatic imine (C=N–C) groups is 1. The van der Waals surface area contributed by atoms with Crippen LogP contribution in [-0.2, 0) is 0 Å². The van der Waals surface area contributed by atoms with Crippen LogP contribution in [0.25, 0.3) is 0 Å². The molecule has 0 aromatic rings. The van der Waals surface area contributed by atoms with Gasteiger partial charge in [0.05, 0.1) is 0 Å². The van der Waals surface area contributed by atoms with Crippen molar-refractivity contribution in [1.29, 1.82) is 0 Å². The molecule has 0 saturated heterocycles. The molecule has 1 nitrogen and oxygen atoms in total. The Kier molecular flexibility index (Phi) is 6.73. The Labute approximate surface area is 76.6 Å². The lowest BCUT2D eigenvalue weighted by molar-refractivity contribution is 0.348. The molecule has 0 aromatic heterocycles. The summed E-state index contributed by atoms with van der Waals surface area (Å²) in [6.45, 7) is 11.3.